The molecule has 1 aromatic carbocycles. The summed E-state index contributed by atoms with van der Waals surface area (Å²) in [5, 5.41) is 2.69. The van der Waals surface area contributed by atoms with Gasteiger partial charge < -0.3 is 5.32 Å². The summed E-state index contributed by atoms with van der Waals surface area (Å²) in [6, 6.07) is 4.47. The average Bonchev–Trinajstić information content (AvgIpc) is 2.28. The van der Waals surface area contributed by atoms with Gasteiger partial charge in [-0.1, -0.05) is 28.1 Å². The molecule has 0 fully saturated rings. The third-order valence-corrected chi connectivity index (χ3v) is 2.72. The molecule has 1 N–H and O–H groups in total. The standard InChI is InChI=1S/C11H11BrF3NO/c1-7(16-10(17)6-12)8-3-2-4-9(5-8)11(13,14)15/h2-5,7H,6H2,1H3,(H,16,17). The van der Waals surface area contributed by atoms with Crippen molar-refractivity contribution in [1.82, 2.24) is 5.32 Å². The van der Waals surface area contributed by atoms with E-state index in [1.807, 2.05) is 0 Å². The van der Waals surface area contributed by atoms with Crippen LogP contribution in [0.1, 0.15) is 24.1 Å². The van der Waals surface area contributed by atoms with E-state index in [1.54, 1.807) is 13.0 Å². The van der Waals surface area contributed by atoms with E-state index >= 15 is 0 Å². The summed E-state index contributed by atoms with van der Waals surface area (Å²) in [5.74, 6) is -0.269. The molecule has 0 aliphatic rings. The number of alkyl halides is 4. The van der Waals surface area contributed by atoms with Gasteiger partial charge in [-0.15, -0.1) is 0 Å². The SMILES string of the molecule is CC(NC(=O)CBr)c1cccc(C(F)(F)F)c1. The van der Waals surface area contributed by atoms with E-state index < -0.39 is 17.8 Å². The molecule has 1 amide bonds. The molecule has 0 aliphatic heterocycles. The van der Waals surface area contributed by atoms with Gasteiger partial charge in [-0.05, 0) is 24.6 Å². The first-order valence-electron chi connectivity index (χ1n) is 4.87. The molecule has 0 spiro atoms. The molecular formula is C11H11BrF3NO. The summed E-state index contributed by atoms with van der Waals surface area (Å²) >= 11 is 2.97. The number of hydrogen-bond acceptors (Lipinski definition) is 1. The van der Waals surface area contributed by atoms with Crippen molar-refractivity contribution in [3.63, 3.8) is 0 Å². The molecule has 0 saturated carbocycles. The molecular weight excluding hydrogens is 299 g/mol. The van der Waals surface area contributed by atoms with Gasteiger partial charge in [0.1, 0.15) is 0 Å². The van der Waals surface area contributed by atoms with E-state index in [0.29, 0.717) is 5.56 Å². The molecule has 1 unspecified atom stereocenters. The molecule has 0 bridgehead atoms. The number of carbonyl (C=O) groups excluding carboxylic acids is 1. The van der Waals surface area contributed by atoms with E-state index in [4.69, 9.17) is 0 Å². The maximum Gasteiger partial charge on any atom is 0.416 e. The Balaban J connectivity index is 2.88. The fraction of sp³-hybridized carbons (Fsp3) is 0.364. The molecule has 0 heterocycles. The Bertz CT molecular complexity index is 406. The largest absolute Gasteiger partial charge is 0.416 e. The van der Waals surface area contributed by atoms with Crippen LogP contribution in [0.25, 0.3) is 0 Å². The fourth-order valence-electron chi connectivity index (χ4n) is 1.35. The monoisotopic (exact) mass is 309 g/mol. The van der Waals surface area contributed by atoms with Gasteiger partial charge in [-0.3, -0.25) is 4.79 Å². The van der Waals surface area contributed by atoms with Crippen LogP contribution in [0.2, 0.25) is 0 Å². The van der Waals surface area contributed by atoms with Crippen molar-refractivity contribution in [3.05, 3.63) is 35.4 Å². The Hall–Kier alpha value is -1.04. The highest BCUT2D eigenvalue weighted by molar-refractivity contribution is 9.09. The minimum Gasteiger partial charge on any atom is -0.349 e. The van der Waals surface area contributed by atoms with Gasteiger partial charge in [-0.2, -0.15) is 13.2 Å². The minimum atomic E-state index is -4.37. The zero-order valence-electron chi connectivity index (χ0n) is 9.01. The summed E-state index contributed by atoms with van der Waals surface area (Å²) in [5.41, 5.74) is -0.288. The Kier molecular flexibility index (Phi) is 4.56. The Morgan fingerprint density at radius 2 is 2.12 bits per heavy atom. The third kappa shape index (κ3) is 4.03. The van der Waals surface area contributed by atoms with Crippen LogP contribution in [-0.4, -0.2) is 11.2 Å². The van der Waals surface area contributed by atoms with E-state index in [-0.39, 0.29) is 11.2 Å². The molecule has 6 heteroatoms. The van der Waals surface area contributed by atoms with Crippen molar-refractivity contribution in [1.29, 1.82) is 0 Å². The van der Waals surface area contributed by atoms with Crippen LogP contribution in [0.5, 0.6) is 0 Å². The molecule has 17 heavy (non-hydrogen) atoms. The number of amides is 1. The minimum absolute atomic E-state index is 0.121. The highest BCUT2D eigenvalue weighted by atomic mass is 79.9. The van der Waals surface area contributed by atoms with Crippen molar-refractivity contribution in [2.75, 3.05) is 5.33 Å². The summed E-state index contributed by atoms with van der Waals surface area (Å²) in [7, 11) is 0. The van der Waals surface area contributed by atoms with E-state index in [9.17, 15) is 18.0 Å². The Labute approximate surface area is 105 Å². The van der Waals surface area contributed by atoms with Gasteiger partial charge in [0.25, 0.3) is 0 Å². The zero-order valence-corrected chi connectivity index (χ0v) is 10.6. The van der Waals surface area contributed by atoms with Crippen molar-refractivity contribution >= 4 is 21.8 Å². The van der Waals surface area contributed by atoms with Crippen LogP contribution in [0.4, 0.5) is 13.2 Å². The normalized spacial score (nSPS) is 13.2. The first-order chi connectivity index (χ1) is 7.84. The second kappa shape index (κ2) is 5.53. The van der Waals surface area contributed by atoms with E-state index in [2.05, 4.69) is 21.2 Å². The van der Waals surface area contributed by atoms with Gasteiger partial charge >= 0.3 is 6.18 Å². The highest BCUT2D eigenvalue weighted by Crippen LogP contribution is 2.30. The Morgan fingerprint density at radius 3 is 2.65 bits per heavy atom. The van der Waals surface area contributed by atoms with Crippen LogP contribution in [0.3, 0.4) is 0 Å². The first kappa shape index (κ1) is 14.0. The van der Waals surface area contributed by atoms with Crippen LogP contribution in [0, 0.1) is 0 Å². The molecule has 1 rings (SSSR count). The van der Waals surface area contributed by atoms with Gasteiger partial charge in [0.2, 0.25) is 5.91 Å². The number of hydrogen-bond donors (Lipinski definition) is 1. The maximum atomic E-state index is 12.5. The zero-order chi connectivity index (χ0) is 13.1. The summed E-state index contributed by atoms with van der Waals surface area (Å²) in [6.45, 7) is 1.63. The molecule has 0 saturated heterocycles. The van der Waals surface area contributed by atoms with Crippen molar-refractivity contribution in [2.45, 2.75) is 19.1 Å². The van der Waals surface area contributed by atoms with E-state index in [0.717, 1.165) is 12.1 Å². The highest BCUT2D eigenvalue weighted by Gasteiger charge is 2.30. The van der Waals surface area contributed by atoms with Gasteiger partial charge in [0.15, 0.2) is 0 Å². The lowest BCUT2D eigenvalue weighted by Crippen LogP contribution is -2.27. The van der Waals surface area contributed by atoms with Gasteiger partial charge in [0.05, 0.1) is 16.9 Å². The summed E-state index contributed by atoms with van der Waals surface area (Å²) < 4.78 is 37.4. The van der Waals surface area contributed by atoms with Crippen molar-refractivity contribution in [2.24, 2.45) is 0 Å². The van der Waals surface area contributed by atoms with Crippen LogP contribution < -0.4 is 5.32 Å². The second-order valence-corrected chi connectivity index (χ2v) is 4.11. The predicted molar refractivity (Wildman–Crippen MR) is 61.8 cm³/mol. The van der Waals surface area contributed by atoms with Crippen molar-refractivity contribution < 1.29 is 18.0 Å². The molecule has 0 aromatic heterocycles. The topological polar surface area (TPSA) is 29.1 Å². The lowest BCUT2D eigenvalue weighted by Gasteiger charge is -2.15. The number of rotatable bonds is 3. The van der Waals surface area contributed by atoms with Gasteiger partial charge in [-0.25, -0.2) is 0 Å². The van der Waals surface area contributed by atoms with E-state index in [1.165, 1.54) is 6.07 Å². The van der Waals surface area contributed by atoms with Crippen molar-refractivity contribution in [3.8, 4) is 0 Å². The number of carbonyl (C=O) groups is 1. The average molecular weight is 310 g/mol. The number of halogens is 4. The second-order valence-electron chi connectivity index (χ2n) is 3.55. The first-order valence-corrected chi connectivity index (χ1v) is 5.99. The molecule has 1 aromatic rings. The van der Waals surface area contributed by atoms with Crippen LogP contribution in [0.15, 0.2) is 24.3 Å². The Morgan fingerprint density at radius 1 is 1.47 bits per heavy atom. The lowest BCUT2D eigenvalue weighted by molar-refractivity contribution is -0.137. The quantitative estimate of drug-likeness (QED) is 0.853. The summed E-state index contributed by atoms with van der Waals surface area (Å²) in [6.07, 6.45) is -4.37. The number of nitrogens with one attached hydrogen (secondary N) is 1. The molecule has 2 nitrogen and oxygen atoms in total. The molecule has 1 atom stereocenters. The maximum absolute atomic E-state index is 12.5. The lowest BCUT2D eigenvalue weighted by atomic mass is 10.0. The smallest absolute Gasteiger partial charge is 0.349 e. The molecule has 0 aliphatic carbocycles. The molecule has 0 radical (unpaired) electrons. The van der Waals surface area contributed by atoms with Crippen LogP contribution >= 0.6 is 15.9 Å². The summed E-state index contributed by atoms with van der Waals surface area (Å²) in [4.78, 5) is 11.1. The van der Waals surface area contributed by atoms with Crippen LogP contribution in [-0.2, 0) is 11.0 Å². The fourth-order valence-corrected chi connectivity index (χ4v) is 1.51. The van der Waals surface area contributed by atoms with Gasteiger partial charge in [0, 0.05) is 0 Å². The predicted octanol–water partition coefficient (Wildman–Crippen LogP) is 3.28. The number of benzene rings is 1. The molecule has 94 valence electrons. The third-order valence-electron chi connectivity index (χ3n) is 2.21.